The van der Waals surface area contributed by atoms with Gasteiger partial charge in [0.25, 0.3) is 0 Å². The number of carbonyl (C=O) groups is 1. The van der Waals surface area contributed by atoms with Crippen molar-refractivity contribution < 1.29 is 14.3 Å². The molecule has 0 aromatic heterocycles. The third-order valence-electron chi connectivity index (χ3n) is 3.35. The monoisotopic (exact) mass is 348 g/mol. The lowest BCUT2D eigenvalue weighted by Crippen LogP contribution is -2.30. The third kappa shape index (κ3) is 5.35. The zero-order valence-corrected chi connectivity index (χ0v) is 14.5. The van der Waals surface area contributed by atoms with E-state index in [1.807, 2.05) is 31.2 Å². The van der Waals surface area contributed by atoms with E-state index in [2.05, 4.69) is 10.6 Å². The van der Waals surface area contributed by atoms with Crippen LogP contribution < -0.4 is 20.1 Å². The van der Waals surface area contributed by atoms with E-state index in [4.69, 9.17) is 21.1 Å². The van der Waals surface area contributed by atoms with Gasteiger partial charge in [-0.05, 0) is 49.2 Å². The Balaban J connectivity index is 1.79. The van der Waals surface area contributed by atoms with Gasteiger partial charge in [-0.3, -0.25) is 0 Å². The maximum Gasteiger partial charge on any atom is 0.319 e. The minimum Gasteiger partial charge on any atom is -0.497 e. The Hall–Kier alpha value is -2.40. The van der Waals surface area contributed by atoms with Crippen LogP contribution in [0.3, 0.4) is 0 Å². The molecule has 128 valence electrons. The summed E-state index contributed by atoms with van der Waals surface area (Å²) in [5, 5.41) is 6.02. The van der Waals surface area contributed by atoms with Crippen molar-refractivity contribution in [1.29, 1.82) is 0 Å². The van der Waals surface area contributed by atoms with Gasteiger partial charge in [0, 0.05) is 12.2 Å². The van der Waals surface area contributed by atoms with Gasteiger partial charge in [-0.2, -0.15) is 0 Å². The summed E-state index contributed by atoms with van der Waals surface area (Å²) in [4.78, 5) is 11.9. The van der Waals surface area contributed by atoms with E-state index in [0.717, 1.165) is 17.7 Å². The first-order valence-corrected chi connectivity index (χ1v) is 8.10. The van der Waals surface area contributed by atoms with Crippen molar-refractivity contribution in [2.45, 2.75) is 13.3 Å². The molecule has 0 aliphatic rings. The topological polar surface area (TPSA) is 59.6 Å². The van der Waals surface area contributed by atoms with E-state index >= 15 is 0 Å². The second kappa shape index (κ2) is 9.03. The Morgan fingerprint density at radius 2 is 1.92 bits per heavy atom. The molecule has 0 radical (unpaired) electrons. The van der Waals surface area contributed by atoms with E-state index in [1.165, 1.54) is 0 Å². The predicted molar refractivity (Wildman–Crippen MR) is 96.3 cm³/mol. The highest BCUT2D eigenvalue weighted by molar-refractivity contribution is 6.32. The molecule has 2 aromatic carbocycles. The summed E-state index contributed by atoms with van der Waals surface area (Å²) in [5.41, 5.74) is 1.74. The molecule has 2 rings (SSSR count). The van der Waals surface area contributed by atoms with Gasteiger partial charge in [-0.1, -0.05) is 23.7 Å². The molecule has 0 aliphatic carbocycles. The van der Waals surface area contributed by atoms with Crippen LogP contribution in [0.5, 0.6) is 11.5 Å². The van der Waals surface area contributed by atoms with Crippen LogP contribution in [0.25, 0.3) is 0 Å². The summed E-state index contributed by atoms with van der Waals surface area (Å²) in [7, 11) is 1.63. The smallest absolute Gasteiger partial charge is 0.319 e. The van der Waals surface area contributed by atoms with Gasteiger partial charge in [0.05, 0.1) is 18.7 Å². The molecule has 2 amide bonds. The third-order valence-corrected chi connectivity index (χ3v) is 3.64. The second-order valence-corrected chi connectivity index (χ2v) is 5.46. The van der Waals surface area contributed by atoms with Crippen molar-refractivity contribution in [2.24, 2.45) is 0 Å². The van der Waals surface area contributed by atoms with Crippen LogP contribution in [-0.2, 0) is 6.42 Å². The summed E-state index contributed by atoms with van der Waals surface area (Å²) < 4.78 is 10.5. The fourth-order valence-electron chi connectivity index (χ4n) is 2.14. The lowest BCUT2D eigenvalue weighted by Gasteiger charge is -2.10. The van der Waals surface area contributed by atoms with Crippen LogP contribution in [0.4, 0.5) is 10.5 Å². The average Bonchev–Trinajstić information content (AvgIpc) is 2.58. The quantitative estimate of drug-likeness (QED) is 0.791. The number of ether oxygens (including phenoxy) is 2. The number of halogens is 1. The Kier molecular flexibility index (Phi) is 6.75. The minimum absolute atomic E-state index is 0.274. The molecular formula is C18H21ClN2O3. The van der Waals surface area contributed by atoms with Crippen molar-refractivity contribution in [3.63, 3.8) is 0 Å². The van der Waals surface area contributed by atoms with Gasteiger partial charge >= 0.3 is 6.03 Å². The maximum absolute atomic E-state index is 11.9. The lowest BCUT2D eigenvalue weighted by atomic mass is 10.1. The number of anilines is 1. The first kappa shape index (κ1) is 17.9. The van der Waals surface area contributed by atoms with E-state index in [0.29, 0.717) is 29.6 Å². The summed E-state index contributed by atoms with van der Waals surface area (Å²) in [5.74, 6) is 1.42. The number of hydrogen-bond acceptors (Lipinski definition) is 3. The number of hydrogen-bond donors (Lipinski definition) is 2. The number of rotatable bonds is 7. The SMILES string of the molecule is CCOc1ccc(NC(=O)NCCc2ccc(OC)cc2)cc1Cl. The number of urea groups is 1. The summed E-state index contributed by atoms with van der Waals surface area (Å²) in [6.07, 6.45) is 0.738. The molecule has 24 heavy (non-hydrogen) atoms. The van der Waals surface area contributed by atoms with Gasteiger partial charge in [-0.15, -0.1) is 0 Å². The molecule has 0 atom stereocenters. The van der Waals surface area contributed by atoms with E-state index in [-0.39, 0.29) is 6.03 Å². The molecule has 0 fully saturated rings. The first-order chi connectivity index (χ1) is 11.6. The molecule has 0 heterocycles. The number of methoxy groups -OCH3 is 1. The van der Waals surface area contributed by atoms with Crippen LogP contribution in [0.1, 0.15) is 12.5 Å². The van der Waals surface area contributed by atoms with Crippen molar-refractivity contribution in [3.05, 3.63) is 53.1 Å². The van der Waals surface area contributed by atoms with Gasteiger partial charge in [0.1, 0.15) is 11.5 Å². The molecule has 0 unspecified atom stereocenters. The molecule has 0 spiro atoms. The first-order valence-electron chi connectivity index (χ1n) is 7.72. The number of nitrogens with one attached hydrogen (secondary N) is 2. The molecule has 0 bridgehead atoms. The summed E-state index contributed by atoms with van der Waals surface area (Å²) in [6, 6.07) is 12.6. The second-order valence-electron chi connectivity index (χ2n) is 5.06. The molecule has 6 heteroatoms. The van der Waals surface area contributed by atoms with Crippen LogP contribution in [-0.4, -0.2) is 26.3 Å². The predicted octanol–water partition coefficient (Wildman–Crippen LogP) is 4.11. The fraction of sp³-hybridized carbons (Fsp3) is 0.278. The largest absolute Gasteiger partial charge is 0.497 e. The molecule has 0 saturated carbocycles. The van der Waals surface area contributed by atoms with Crippen LogP contribution >= 0.6 is 11.6 Å². The molecule has 5 nitrogen and oxygen atoms in total. The normalized spacial score (nSPS) is 10.1. The molecule has 2 N–H and O–H groups in total. The van der Waals surface area contributed by atoms with Gasteiger partial charge in [-0.25, -0.2) is 4.79 Å². The Bertz CT molecular complexity index is 674. The maximum atomic E-state index is 11.9. The van der Waals surface area contributed by atoms with E-state index in [9.17, 15) is 4.79 Å². The Morgan fingerprint density at radius 1 is 1.17 bits per heavy atom. The van der Waals surface area contributed by atoms with Crippen molar-refractivity contribution in [1.82, 2.24) is 5.32 Å². The average molecular weight is 349 g/mol. The Labute approximate surface area is 146 Å². The van der Waals surface area contributed by atoms with E-state index in [1.54, 1.807) is 25.3 Å². The molecule has 0 saturated heterocycles. The Morgan fingerprint density at radius 3 is 2.54 bits per heavy atom. The molecule has 2 aromatic rings. The zero-order chi connectivity index (χ0) is 17.4. The van der Waals surface area contributed by atoms with Gasteiger partial charge < -0.3 is 20.1 Å². The van der Waals surface area contributed by atoms with Gasteiger partial charge in [0.2, 0.25) is 0 Å². The van der Waals surface area contributed by atoms with Gasteiger partial charge in [0.15, 0.2) is 0 Å². The van der Waals surface area contributed by atoms with Crippen molar-refractivity contribution >= 4 is 23.3 Å². The summed E-state index contributed by atoms with van der Waals surface area (Å²) in [6.45, 7) is 2.96. The van der Waals surface area contributed by atoms with Crippen LogP contribution in [0, 0.1) is 0 Å². The highest BCUT2D eigenvalue weighted by atomic mass is 35.5. The van der Waals surface area contributed by atoms with Crippen LogP contribution in [0.2, 0.25) is 5.02 Å². The highest BCUT2D eigenvalue weighted by Crippen LogP contribution is 2.27. The van der Waals surface area contributed by atoms with Crippen molar-refractivity contribution in [2.75, 3.05) is 25.6 Å². The number of benzene rings is 2. The standard InChI is InChI=1S/C18H21ClN2O3/c1-3-24-17-9-6-14(12-16(17)19)21-18(22)20-11-10-13-4-7-15(23-2)8-5-13/h4-9,12H,3,10-11H2,1-2H3,(H2,20,21,22). The van der Waals surface area contributed by atoms with Crippen molar-refractivity contribution in [3.8, 4) is 11.5 Å². The summed E-state index contributed by atoms with van der Waals surface area (Å²) >= 11 is 6.09. The lowest BCUT2D eigenvalue weighted by molar-refractivity contribution is 0.252. The fourth-order valence-corrected chi connectivity index (χ4v) is 2.37. The minimum atomic E-state index is -0.274. The molecular weight excluding hydrogens is 328 g/mol. The number of carbonyl (C=O) groups excluding carboxylic acids is 1. The van der Waals surface area contributed by atoms with Crippen LogP contribution in [0.15, 0.2) is 42.5 Å². The number of amides is 2. The zero-order valence-electron chi connectivity index (χ0n) is 13.8. The van der Waals surface area contributed by atoms with E-state index < -0.39 is 0 Å². The highest BCUT2D eigenvalue weighted by Gasteiger charge is 2.06. The molecule has 0 aliphatic heterocycles.